The molecule has 0 aromatic heterocycles. The molecule has 0 aromatic carbocycles. The molecular formula is C15H22Si. The van der Waals surface area contributed by atoms with Gasteiger partial charge in [0, 0.05) is 8.41 Å². The second-order valence-electron chi connectivity index (χ2n) is 5.59. The van der Waals surface area contributed by atoms with Gasteiger partial charge in [-0.15, -0.1) is 0 Å². The van der Waals surface area contributed by atoms with Crippen LogP contribution in [0.4, 0.5) is 0 Å². The molecule has 3 aliphatic rings. The second kappa shape index (κ2) is 4.83. The van der Waals surface area contributed by atoms with E-state index in [2.05, 4.69) is 24.3 Å². The third-order valence-electron chi connectivity index (χ3n) is 4.59. The fraction of sp³-hybridized carbons (Fsp3) is 0.667. The lowest BCUT2D eigenvalue weighted by Gasteiger charge is -2.21. The van der Waals surface area contributed by atoms with Gasteiger partial charge in [-0.05, 0) is 41.9 Å². The highest BCUT2D eigenvalue weighted by Gasteiger charge is 2.30. The van der Waals surface area contributed by atoms with Gasteiger partial charge in [0.25, 0.3) is 0 Å². The van der Waals surface area contributed by atoms with Crippen molar-refractivity contribution in [3.8, 4) is 0 Å². The highest BCUT2D eigenvalue weighted by molar-refractivity contribution is 6.77. The predicted molar refractivity (Wildman–Crippen MR) is 73.5 cm³/mol. The third-order valence-corrected chi connectivity index (χ3v) is 8.50. The van der Waals surface area contributed by atoms with Gasteiger partial charge in [0.1, 0.15) is 0 Å². The van der Waals surface area contributed by atoms with Crippen LogP contribution in [0.5, 0.6) is 0 Å². The van der Waals surface area contributed by atoms with Crippen molar-refractivity contribution in [2.24, 2.45) is 0 Å². The Labute approximate surface area is 101 Å². The smallest absolute Gasteiger partial charge is 0.0258 e. The van der Waals surface area contributed by atoms with Gasteiger partial charge in [-0.3, -0.25) is 0 Å². The van der Waals surface area contributed by atoms with Gasteiger partial charge in [-0.25, -0.2) is 0 Å². The Bertz CT molecular complexity index is 304. The molecule has 0 radical (unpaired) electrons. The highest BCUT2D eigenvalue weighted by atomic mass is 28.2. The molecule has 0 unspecified atom stereocenters. The van der Waals surface area contributed by atoms with E-state index in [1.807, 2.05) is 0 Å². The summed E-state index contributed by atoms with van der Waals surface area (Å²) in [6.45, 7) is 0. The maximum Gasteiger partial charge on any atom is 0.0258 e. The molecule has 0 aromatic rings. The lowest BCUT2D eigenvalue weighted by Crippen LogP contribution is -2.22. The number of hydrogen-bond acceptors (Lipinski definition) is 0. The number of hydrogen-bond donors (Lipinski definition) is 0. The maximum atomic E-state index is 2.42. The average molecular weight is 230 g/mol. The van der Waals surface area contributed by atoms with Crippen molar-refractivity contribution in [3.05, 3.63) is 24.3 Å². The predicted octanol–water partition coefficient (Wildman–Crippen LogP) is 4.25. The van der Waals surface area contributed by atoms with E-state index < -0.39 is 0 Å². The Morgan fingerprint density at radius 1 is 0.750 bits per heavy atom. The Kier molecular flexibility index (Phi) is 3.23. The van der Waals surface area contributed by atoms with Gasteiger partial charge in [0.2, 0.25) is 0 Å². The third kappa shape index (κ3) is 2.02. The molecule has 0 N–H and O–H groups in total. The molecule has 0 bridgehead atoms. The summed E-state index contributed by atoms with van der Waals surface area (Å²) < 4.78 is 0. The van der Waals surface area contributed by atoms with Gasteiger partial charge in [0.15, 0.2) is 0 Å². The summed E-state index contributed by atoms with van der Waals surface area (Å²) in [5.74, 6) is 0. The van der Waals surface area contributed by atoms with Crippen LogP contribution in [0.2, 0.25) is 11.1 Å². The van der Waals surface area contributed by atoms with Crippen LogP contribution in [-0.2, 0) is 0 Å². The van der Waals surface area contributed by atoms with E-state index in [9.17, 15) is 0 Å². The van der Waals surface area contributed by atoms with Crippen LogP contribution in [0.1, 0.15) is 51.4 Å². The van der Waals surface area contributed by atoms with Crippen LogP contribution < -0.4 is 0 Å². The average Bonchev–Trinajstić information content (AvgIpc) is 3.02. The molecule has 1 heteroatoms. The molecule has 0 nitrogen and oxygen atoms in total. The van der Waals surface area contributed by atoms with E-state index >= 15 is 0 Å². The molecule has 86 valence electrons. The lowest BCUT2D eigenvalue weighted by atomic mass is 10.3. The summed E-state index contributed by atoms with van der Waals surface area (Å²) >= 11 is 0. The molecule has 0 atom stereocenters. The quantitative estimate of drug-likeness (QED) is 0.622. The van der Waals surface area contributed by atoms with E-state index in [0.717, 1.165) is 11.1 Å². The highest BCUT2D eigenvalue weighted by Crippen LogP contribution is 2.41. The molecule has 0 aliphatic heterocycles. The molecule has 0 spiro atoms. The zero-order valence-electron chi connectivity index (χ0n) is 10.1. The van der Waals surface area contributed by atoms with Crippen LogP contribution in [0.3, 0.4) is 0 Å². The zero-order chi connectivity index (χ0) is 10.8. The van der Waals surface area contributed by atoms with Crippen molar-refractivity contribution >= 4 is 13.6 Å². The van der Waals surface area contributed by atoms with Crippen LogP contribution in [0, 0.1) is 0 Å². The van der Waals surface area contributed by atoms with E-state index in [1.54, 1.807) is 5.17 Å². The molecule has 16 heavy (non-hydrogen) atoms. The van der Waals surface area contributed by atoms with Gasteiger partial charge in [0.05, 0.1) is 0 Å². The first-order valence-corrected chi connectivity index (χ1v) is 8.69. The lowest BCUT2D eigenvalue weighted by molar-refractivity contribution is 0.791. The molecule has 2 saturated carbocycles. The molecule has 3 rings (SSSR count). The summed E-state index contributed by atoms with van der Waals surface area (Å²) in [6, 6.07) is 0. The largest absolute Gasteiger partial charge is 0.0621 e. The Morgan fingerprint density at radius 2 is 1.19 bits per heavy atom. The first kappa shape index (κ1) is 10.7. The minimum atomic E-state index is -0.235. The first-order valence-electron chi connectivity index (χ1n) is 7.04. The standard InChI is InChI=1S/C15H22Si/c1-2-8-13(7-1)16(14-9-3-4-10-14)15-11-5-6-12-15/h1-2,7-8,14-15H,3-6,9-12H2. The summed E-state index contributed by atoms with van der Waals surface area (Å²) in [6.07, 6.45) is 21.5. The number of allylic oxidation sites excluding steroid dienone is 4. The van der Waals surface area contributed by atoms with E-state index in [1.165, 1.54) is 51.4 Å². The van der Waals surface area contributed by atoms with Gasteiger partial charge < -0.3 is 0 Å². The van der Waals surface area contributed by atoms with Gasteiger partial charge in [-0.2, -0.15) is 0 Å². The van der Waals surface area contributed by atoms with Crippen molar-refractivity contribution in [3.63, 3.8) is 0 Å². The van der Waals surface area contributed by atoms with E-state index in [4.69, 9.17) is 0 Å². The normalized spacial score (nSPS) is 26.1. The van der Waals surface area contributed by atoms with Crippen LogP contribution in [0.25, 0.3) is 0 Å². The first-order chi connectivity index (χ1) is 7.95. The van der Waals surface area contributed by atoms with Crippen LogP contribution in [-0.4, -0.2) is 13.6 Å². The van der Waals surface area contributed by atoms with Crippen molar-refractivity contribution in [1.29, 1.82) is 0 Å². The SMILES string of the molecule is C1=CC(=[Si](C2CCCC2)C2CCCC2)C=C1. The fourth-order valence-corrected chi connectivity index (χ4v) is 8.09. The number of rotatable bonds is 2. The molecule has 0 amide bonds. The Hall–Kier alpha value is -0.433. The van der Waals surface area contributed by atoms with Crippen molar-refractivity contribution in [2.45, 2.75) is 62.4 Å². The minimum absolute atomic E-state index is 0.235. The van der Waals surface area contributed by atoms with Gasteiger partial charge >= 0.3 is 0 Å². The van der Waals surface area contributed by atoms with Gasteiger partial charge in [-0.1, -0.05) is 50.0 Å². The van der Waals surface area contributed by atoms with Crippen LogP contribution >= 0.6 is 0 Å². The maximum absolute atomic E-state index is 2.42. The minimum Gasteiger partial charge on any atom is -0.0621 e. The Morgan fingerprint density at radius 3 is 1.62 bits per heavy atom. The van der Waals surface area contributed by atoms with Crippen LogP contribution in [0.15, 0.2) is 24.3 Å². The fourth-order valence-electron chi connectivity index (χ4n) is 3.84. The van der Waals surface area contributed by atoms with E-state index in [0.29, 0.717) is 0 Å². The molecular weight excluding hydrogens is 208 g/mol. The second-order valence-corrected chi connectivity index (χ2v) is 8.71. The summed E-state index contributed by atoms with van der Waals surface area (Å²) in [4.78, 5) is 0. The molecule has 2 fully saturated rings. The zero-order valence-corrected chi connectivity index (χ0v) is 11.1. The van der Waals surface area contributed by atoms with E-state index in [-0.39, 0.29) is 8.41 Å². The topological polar surface area (TPSA) is 0 Å². The summed E-state index contributed by atoms with van der Waals surface area (Å²) in [5.41, 5.74) is 2.21. The molecule has 0 saturated heterocycles. The Balaban J connectivity index is 1.90. The van der Waals surface area contributed by atoms with Crippen molar-refractivity contribution < 1.29 is 0 Å². The van der Waals surface area contributed by atoms with Crippen molar-refractivity contribution in [1.82, 2.24) is 0 Å². The van der Waals surface area contributed by atoms with Crippen molar-refractivity contribution in [2.75, 3.05) is 0 Å². The monoisotopic (exact) mass is 230 g/mol. The summed E-state index contributed by atoms with van der Waals surface area (Å²) in [5, 5.41) is 1.75. The summed E-state index contributed by atoms with van der Waals surface area (Å²) in [7, 11) is -0.235. The molecule has 0 heterocycles. The molecule has 3 aliphatic carbocycles.